The van der Waals surface area contributed by atoms with Crippen LogP contribution in [0.2, 0.25) is 0 Å². The Morgan fingerprint density at radius 3 is 2.50 bits per heavy atom. The highest BCUT2D eigenvalue weighted by Crippen LogP contribution is 2.00. The largest absolute Gasteiger partial charge is 0.322 e. The van der Waals surface area contributed by atoms with Crippen molar-refractivity contribution in [1.29, 1.82) is 0 Å². The standard InChI is InChI=1S/C10H13NO/c1-8(11)10(12)7-9-5-3-2-4-6-9/h2-6,8H,7,11H2,1H3/t8-/m1/s1. The van der Waals surface area contributed by atoms with E-state index in [9.17, 15) is 4.79 Å². The van der Waals surface area contributed by atoms with E-state index in [0.29, 0.717) is 6.42 Å². The van der Waals surface area contributed by atoms with Crippen LogP contribution < -0.4 is 5.73 Å². The van der Waals surface area contributed by atoms with Crippen molar-refractivity contribution in [1.82, 2.24) is 0 Å². The summed E-state index contributed by atoms with van der Waals surface area (Å²) in [6.45, 7) is 1.71. The molecule has 0 unspecified atom stereocenters. The minimum absolute atomic E-state index is 0.0844. The lowest BCUT2D eigenvalue weighted by atomic mass is 10.1. The van der Waals surface area contributed by atoms with Gasteiger partial charge in [0.15, 0.2) is 5.78 Å². The molecule has 0 saturated heterocycles. The molecule has 64 valence electrons. The lowest BCUT2D eigenvalue weighted by Gasteiger charge is -2.03. The van der Waals surface area contributed by atoms with Gasteiger partial charge in [0.2, 0.25) is 0 Å². The molecule has 1 aromatic carbocycles. The average molecular weight is 163 g/mol. The van der Waals surface area contributed by atoms with Crippen LogP contribution in [0.15, 0.2) is 30.3 Å². The second-order valence-corrected chi connectivity index (χ2v) is 2.92. The van der Waals surface area contributed by atoms with Crippen molar-refractivity contribution in [3.63, 3.8) is 0 Å². The van der Waals surface area contributed by atoms with E-state index in [1.165, 1.54) is 0 Å². The second-order valence-electron chi connectivity index (χ2n) is 2.92. The van der Waals surface area contributed by atoms with Crippen LogP contribution in [0.1, 0.15) is 12.5 Å². The van der Waals surface area contributed by atoms with Gasteiger partial charge in [-0.2, -0.15) is 0 Å². The van der Waals surface area contributed by atoms with Gasteiger partial charge in [-0.05, 0) is 12.5 Å². The van der Waals surface area contributed by atoms with Crippen LogP contribution in [0.4, 0.5) is 0 Å². The number of rotatable bonds is 3. The molecule has 1 atom stereocenters. The highest BCUT2D eigenvalue weighted by molar-refractivity contribution is 5.85. The van der Waals surface area contributed by atoms with E-state index in [0.717, 1.165) is 5.56 Å². The molecule has 1 rings (SSSR count). The zero-order chi connectivity index (χ0) is 8.97. The van der Waals surface area contributed by atoms with Crippen LogP contribution >= 0.6 is 0 Å². The van der Waals surface area contributed by atoms with Crippen molar-refractivity contribution in [3.05, 3.63) is 35.9 Å². The van der Waals surface area contributed by atoms with Crippen molar-refractivity contribution >= 4 is 5.78 Å². The number of hydrogen-bond acceptors (Lipinski definition) is 2. The maximum absolute atomic E-state index is 11.2. The monoisotopic (exact) mass is 163 g/mol. The molecule has 0 amide bonds. The van der Waals surface area contributed by atoms with E-state index in [1.807, 2.05) is 30.3 Å². The van der Waals surface area contributed by atoms with Gasteiger partial charge in [-0.15, -0.1) is 0 Å². The van der Waals surface area contributed by atoms with Gasteiger partial charge in [-0.3, -0.25) is 4.79 Å². The molecule has 0 saturated carbocycles. The van der Waals surface area contributed by atoms with Gasteiger partial charge < -0.3 is 5.73 Å². The van der Waals surface area contributed by atoms with Crippen molar-refractivity contribution in [3.8, 4) is 0 Å². The molecule has 1 aromatic rings. The van der Waals surface area contributed by atoms with Gasteiger partial charge in [0.1, 0.15) is 0 Å². The van der Waals surface area contributed by atoms with Gasteiger partial charge in [-0.25, -0.2) is 0 Å². The third kappa shape index (κ3) is 2.47. The first kappa shape index (κ1) is 8.94. The molecule has 0 heterocycles. The van der Waals surface area contributed by atoms with Gasteiger partial charge in [0, 0.05) is 6.42 Å². The molecular formula is C10H13NO. The van der Waals surface area contributed by atoms with Crippen molar-refractivity contribution < 1.29 is 4.79 Å². The minimum atomic E-state index is -0.356. The van der Waals surface area contributed by atoms with Gasteiger partial charge in [-0.1, -0.05) is 30.3 Å². The van der Waals surface area contributed by atoms with Crippen LogP contribution in [0, 0.1) is 0 Å². The number of carbonyl (C=O) groups excluding carboxylic acids is 1. The fraction of sp³-hybridized carbons (Fsp3) is 0.300. The second kappa shape index (κ2) is 4.02. The van der Waals surface area contributed by atoms with E-state index in [1.54, 1.807) is 6.92 Å². The lowest BCUT2D eigenvalue weighted by molar-refractivity contribution is -0.119. The van der Waals surface area contributed by atoms with Crippen LogP contribution in [0.25, 0.3) is 0 Å². The summed E-state index contributed by atoms with van der Waals surface area (Å²) in [5.74, 6) is 0.0844. The number of benzene rings is 1. The van der Waals surface area contributed by atoms with E-state index >= 15 is 0 Å². The predicted octanol–water partition coefficient (Wildman–Crippen LogP) is 1.15. The third-order valence-corrected chi connectivity index (χ3v) is 1.73. The first-order valence-electron chi connectivity index (χ1n) is 4.02. The van der Waals surface area contributed by atoms with Crippen molar-refractivity contribution in [2.45, 2.75) is 19.4 Å². The summed E-state index contributed by atoms with van der Waals surface area (Å²) in [4.78, 5) is 11.2. The van der Waals surface area contributed by atoms with Gasteiger partial charge in [0.05, 0.1) is 6.04 Å². The molecule has 2 heteroatoms. The molecule has 2 N–H and O–H groups in total. The number of nitrogens with two attached hydrogens (primary N) is 1. The first-order chi connectivity index (χ1) is 5.70. The Bertz CT molecular complexity index is 254. The zero-order valence-electron chi connectivity index (χ0n) is 7.16. The normalized spacial score (nSPS) is 12.5. The number of Topliss-reactive ketones (excluding diaryl/α,β-unsaturated/α-hetero) is 1. The average Bonchev–Trinajstić information content (AvgIpc) is 2.06. The molecule has 0 radical (unpaired) electrons. The highest BCUT2D eigenvalue weighted by atomic mass is 16.1. The minimum Gasteiger partial charge on any atom is -0.322 e. The quantitative estimate of drug-likeness (QED) is 0.726. The summed E-state index contributed by atoms with van der Waals surface area (Å²) in [5.41, 5.74) is 6.46. The number of carbonyl (C=O) groups is 1. The first-order valence-corrected chi connectivity index (χ1v) is 4.02. The Labute approximate surface area is 72.4 Å². The fourth-order valence-corrected chi connectivity index (χ4v) is 0.958. The highest BCUT2D eigenvalue weighted by Gasteiger charge is 2.07. The van der Waals surface area contributed by atoms with Crippen LogP contribution in [-0.2, 0) is 11.2 Å². The number of hydrogen-bond donors (Lipinski definition) is 1. The molecule has 2 nitrogen and oxygen atoms in total. The van der Waals surface area contributed by atoms with E-state index in [2.05, 4.69) is 0 Å². The predicted molar refractivity (Wildman–Crippen MR) is 48.8 cm³/mol. The fourth-order valence-electron chi connectivity index (χ4n) is 0.958. The van der Waals surface area contributed by atoms with Crippen molar-refractivity contribution in [2.24, 2.45) is 5.73 Å². The van der Waals surface area contributed by atoms with Crippen LogP contribution in [0.3, 0.4) is 0 Å². The third-order valence-electron chi connectivity index (χ3n) is 1.73. The summed E-state index contributed by atoms with van der Waals surface area (Å²) in [5, 5.41) is 0. The molecule has 0 bridgehead atoms. The summed E-state index contributed by atoms with van der Waals surface area (Å²) < 4.78 is 0. The summed E-state index contributed by atoms with van der Waals surface area (Å²) >= 11 is 0. The van der Waals surface area contributed by atoms with E-state index in [4.69, 9.17) is 5.73 Å². The van der Waals surface area contributed by atoms with Gasteiger partial charge >= 0.3 is 0 Å². The maximum Gasteiger partial charge on any atom is 0.153 e. The Kier molecular flexibility index (Phi) is 3.00. The smallest absolute Gasteiger partial charge is 0.153 e. The zero-order valence-corrected chi connectivity index (χ0v) is 7.16. The molecule has 0 aromatic heterocycles. The molecule has 12 heavy (non-hydrogen) atoms. The topological polar surface area (TPSA) is 43.1 Å². The molecule has 0 spiro atoms. The maximum atomic E-state index is 11.2. The number of ketones is 1. The molecule has 0 aliphatic rings. The summed E-state index contributed by atoms with van der Waals surface area (Å²) in [6.07, 6.45) is 0.443. The Morgan fingerprint density at radius 2 is 2.00 bits per heavy atom. The van der Waals surface area contributed by atoms with Crippen LogP contribution in [-0.4, -0.2) is 11.8 Å². The van der Waals surface area contributed by atoms with Crippen molar-refractivity contribution in [2.75, 3.05) is 0 Å². The molecular weight excluding hydrogens is 150 g/mol. The Balaban J connectivity index is 2.59. The summed E-state index contributed by atoms with van der Waals surface area (Å²) in [7, 11) is 0. The Hall–Kier alpha value is -1.15. The van der Waals surface area contributed by atoms with E-state index < -0.39 is 0 Å². The van der Waals surface area contributed by atoms with Gasteiger partial charge in [0.25, 0.3) is 0 Å². The molecule has 0 aliphatic carbocycles. The van der Waals surface area contributed by atoms with Crippen LogP contribution in [0.5, 0.6) is 0 Å². The Morgan fingerprint density at radius 1 is 1.42 bits per heavy atom. The van der Waals surface area contributed by atoms with E-state index in [-0.39, 0.29) is 11.8 Å². The lowest BCUT2D eigenvalue weighted by Crippen LogP contribution is -2.27. The SMILES string of the molecule is C[C@@H](N)C(=O)Cc1ccccc1. The summed E-state index contributed by atoms with van der Waals surface area (Å²) in [6, 6.07) is 9.28. The molecule has 0 aliphatic heterocycles. The molecule has 0 fully saturated rings.